The Morgan fingerprint density at radius 1 is 1.30 bits per heavy atom. The Labute approximate surface area is 179 Å². The van der Waals surface area contributed by atoms with Crippen LogP contribution in [0.3, 0.4) is 0 Å². The average molecular weight is 460 g/mol. The molecule has 0 aliphatic carbocycles. The highest BCUT2D eigenvalue weighted by Gasteiger charge is 2.29. The van der Waals surface area contributed by atoms with Crippen LogP contribution in [0.2, 0.25) is 0 Å². The van der Waals surface area contributed by atoms with E-state index < -0.39 is 17.7 Å². The number of hydrogen-bond donors (Lipinski definition) is 2. The molecule has 0 saturated carbocycles. The normalized spacial score (nSPS) is 15.2. The van der Waals surface area contributed by atoms with Crippen LogP contribution in [0.25, 0.3) is 0 Å². The quantitative estimate of drug-likeness (QED) is 0.453. The molecular weight excluding hydrogens is 441 g/mol. The zero-order chi connectivity index (χ0) is 21.7. The topological polar surface area (TPSA) is 80.7 Å². The van der Waals surface area contributed by atoms with Gasteiger partial charge in [-0.1, -0.05) is 6.92 Å². The van der Waals surface area contributed by atoms with E-state index in [0.29, 0.717) is 29.4 Å². The summed E-state index contributed by atoms with van der Waals surface area (Å²) in [6.07, 6.45) is 1.72. The minimum atomic E-state index is -4.48. The van der Waals surface area contributed by atoms with Crippen molar-refractivity contribution in [2.24, 2.45) is 0 Å². The second kappa shape index (κ2) is 9.90. The minimum Gasteiger partial charge on any atom is -0.506 e. The first-order valence-electron chi connectivity index (χ1n) is 9.03. The van der Waals surface area contributed by atoms with Crippen LogP contribution in [-0.4, -0.2) is 40.5 Å². The maximum atomic E-state index is 12.8. The van der Waals surface area contributed by atoms with Crippen molar-refractivity contribution in [3.05, 3.63) is 41.7 Å². The Morgan fingerprint density at radius 2 is 2.03 bits per heavy atom. The Balaban J connectivity index is 1.83. The number of thioether (sulfide) groups is 2. The van der Waals surface area contributed by atoms with Crippen molar-refractivity contribution in [3.63, 3.8) is 0 Å². The SMILES string of the molecule is CCSc1cc(C2OCCCO2)cnc1C(=O)Nc1cc(SC(F)(F)F)ccc1O. The lowest BCUT2D eigenvalue weighted by molar-refractivity contribution is -0.183. The van der Waals surface area contributed by atoms with E-state index in [0.717, 1.165) is 24.6 Å². The first kappa shape index (κ1) is 22.7. The highest BCUT2D eigenvalue weighted by Crippen LogP contribution is 2.39. The summed E-state index contributed by atoms with van der Waals surface area (Å²) in [5.41, 5.74) is -3.85. The monoisotopic (exact) mass is 460 g/mol. The molecule has 0 bridgehead atoms. The summed E-state index contributed by atoms with van der Waals surface area (Å²) in [6, 6.07) is 5.04. The number of carbonyl (C=O) groups is 1. The maximum absolute atomic E-state index is 12.8. The summed E-state index contributed by atoms with van der Waals surface area (Å²) in [7, 11) is 0. The number of ether oxygens (including phenoxy) is 2. The van der Waals surface area contributed by atoms with E-state index in [2.05, 4.69) is 10.3 Å². The van der Waals surface area contributed by atoms with Gasteiger partial charge in [-0.15, -0.1) is 11.8 Å². The molecule has 30 heavy (non-hydrogen) atoms. The van der Waals surface area contributed by atoms with Crippen molar-refractivity contribution in [1.29, 1.82) is 0 Å². The molecule has 1 aromatic carbocycles. The Bertz CT molecular complexity index is 906. The van der Waals surface area contributed by atoms with Crippen molar-refractivity contribution in [3.8, 4) is 5.75 Å². The van der Waals surface area contributed by atoms with Gasteiger partial charge in [0.05, 0.1) is 18.9 Å². The average Bonchev–Trinajstić information content (AvgIpc) is 2.70. The molecule has 162 valence electrons. The van der Waals surface area contributed by atoms with Gasteiger partial charge in [0.2, 0.25) is 0 Å². The molecule has 6 nitrogen and oxygen atoms in total. The fraction of sp³-hybridized carbons (Fsp3) is 0.368. The zero-order valence-corrected chi connectivity index (χ0v) is 17.5. The second-order valence-electron chi connectivity index (χ2n) is 6.16. The van der Waals surface area contributed by atoms with Gasteiger partial charge in [-0.3, -0.25) is 4.79 Å². The number of carbonyl (C=O) groups excluding carboxylic acids is 1. The molecule has 2 heterocycles. The molecule has 1 aromatic heterocycles. The summed E-state index contributed by atoms with van der Waals surface area (Å²) < 4.78 is 49.0. The number of rotatable bonds is 6. The van der Waals surface area contributed by atoms with E-state index >= 15 is 0 Å². The predicted molar refractivity (Wildman–Crippen MR) is 108 cm³/mol. The fourth-order valence-electron chi connectivity index (χ4n) is 2.70. The van der Waals surface area contributed by atoms with E-state index in [1.54, 1.807) is 6.07 Å². The number of alkyl halides is 3. The molecule has 1 amide bonds. The molecule has 1 fully saturated rings. The molecule has 2 aromatic rings. The highest BCUT2D eigenvalue weighted by molar-refractivity contribution is 8.00. The number of amides is 1. The molecule has 0 unspecified atom stereocenters. The van der Waals surface area contributed by atoms with E-state index in [9.17, 15) is 23.1 Å². The summed E-state index contributed by atoms with van der Waals surface area (Å²) in [5.74, 6) is -0.326. The number of pyridine rings is 1. The van der Waals surface area contributed by atoms with Crippen LogP contribution in [0.4, 0.5) is 18.9 Å². The molecule has 0 spiro atoms. The molecule has 2 N–H and O–H groups in total. The minimum absolute atomic E-state index is 0.0923. The van der Waals surface area contributed by atoms with Crippen LogP contribution in [0.1, 0.15) is 35.7 Å². The second-order valence-corrected chi connectivity index (χ2v) is 8.60. The molecule has 0 radical (unpaired) electrons. The van der Waals surface area contributed by atoms with Gasteiger partial charge in [0.25, 0.3) is 5.91 Å². The van der Waals surface area contributed by atoms with Crippen LogP contribution < -0.4 is 5.32 Å². The van der Waals surface area contributed by atoms with Gasteiger partial charge in [-0.25, -0.2) is 4.98 Å². The first-order valence-corrected chi connectivity index (χ1v) is 10.8. The number of phenolic OH excluding ortho intramolecular Hbond substituents is 1. The highest BCUT2D eigenvalue weighted by atomic mass is 32.2. The maximum Gasteiger partial charge on any atom is 0.446 e. The van der Waals surface area contributed by atoms with E-state index in [4.69, 9.17) is 9.47 Å². The molecule has 11 heteroatoms. The number of phenols is 1. The zero-order valence-electron chi connectivity index (χ0n) is 15.9. The van der Waals surface area contributed by atoms with Crippen molar-refractivity contribution in [2.45, 2.75) is 34.9 Å². The van der Waals surface area contributed by atoms with Gasteiger partial charge in [0.1, 0.15) is 11.4 Å². The van der Waals surface area contributed by atoms with Crippen molar-refractivity contribution in [2.75, 3.05) is 24.3 Å². The molecule has 1 aliphatic rings. The lowest BCUT2D eigenvalue weighted by atomic mass is 10.2. The lowest BCUT2D eigenvalue weighted by Crippen LogP contribution is -2.19. The van der Waals surface area contributed by atoms with Crippen LogP contribution in [0.5, 0.6) is 5.75 Å². The molecule has 1 aliphatic heterocycles. The number of benzene rings is 1. The smallest absolute Gasteiger partial charge is 0.446 e. The van der Waals surface area contributed by atoms with Crippen molar-refractivity contribution >= 4 is 35.1 Å². The van der Waals surface area contributed by atoms with Crippen LogP contribution >= 0.6 is 23.5 Å². The third-order valence-electron chi connectivity index (χ3n) is 3.94. The number of aromatic hydroxyl groups is 1. The van der Waals surface area contributed by atoms with E-state index in [-0.39, 0.29) is 33.8 Å². The molecule has 3 rings (SSSR count). The third kappa shape index (κ3) is 6.03. The van der Waals surface area contributed by atoms with Crippen LogP contribution in [0.15, 0.2) is 40.3 Å². The van der Waals surface area contributed by atoms with Crippen molar-refractivity contribution < 1.29 is 32.5 Å². The molecular formula is C19H19F3N2O4S2. The Kier molecular flexibility index (Phi) is 7.50. The van der Waals surface area contributed by atoms with Gasteiger partial charge < -0.3 is 19.9 Å². The third-order valence-corrected chi connectivity index (χ3v) is 5.57. The van der Waals surface area contributed by atoms with Crippen molar-refractivity contribution in [1.82, 2.24) is 4.98 Å². The molecule has 0 atom stereocenters. The number of nitrogens with zero attached hydrogens (tertiary/aromatic N) is 1. The van der Waals surface area contributed by atoms with E-state index in [1.807, 2.05) is 6.92 Å². The summed E-state index contributed by atoms with van der Waals surface area (Å²) in [6.45, 7) is 3.04. The summed E-state index contributed by atoms with van der Waals surface area (Å²) in [4.78, 5) is 17.4. The van der Waals surface area contributed by atoms with Gasteiger partial charge in [0, 0.05) is 21.6 Å². The van der Waals surface area contributed by atoms with Crippen LogP contribution in [-0.2, 0) is 9.47 Å². The largest absolute Gasteiger partial charge is 0.506 e. The standard InChI is InChI=1S/C19H19F3N2O4S2/c1-2-29-15-8-11(18-27-6-3-7-28-18)10-23-16(15)17(26)24-13-9-12(4-5-14(13)25)30-19(20,21)22/h4-5,8-10,18,25H,2-3,6-7H2,1H3,(H,24,26). The van der Waals surface area contributed by atoms with Gasteiger partial charge in [-0.05, 0) is 48.2 Å². The Morgan fingerprint density at radius 3 is 2.70 bits per heavy atom. The summed E-state index contributed by atoms with van der Waals surface area (Å²) >= 11 is 1.05. The number of halogens is 3. The molecule has 1 saturated heterocycles. The number of anilines is 1. The van der Waals surface area contributed by atoms with Gasteiger partial charge in [-0.2, -0.15) is 13.2 Å². The number of nitrogens with one attached hydrogen (secondary N) is 1. The van der Waals surface area contributed by atoms with Gasteiger partial charge in [0.15, 0.2) is 6.29 Å². The summed E-state index contributed by atoms with van der Waals surface area (Å²) in [5, 5.41) is 12.4. The Hall–Kier alpha value is -1.95. The lowest BCUT2D eigenvalue weighted by Gasteiger charge is -2.23. The predicted octanol–water partition coefficient (Wildman–Crippen LogP) is 5.20. The number of hydrogen-bond acceptors (Lipinski definition) is 7. The van der Waals surface area contributed by atoms with E-state index in [1.165, 1.54) is 18.0 Å². The fourth-order valence-corrected chi connectivity index (χ4v) is 4.09. The number of aromatic nitrogens is 1. The first-order chi connectivity index (χ1) is 14.3. The van der Waals surface area contributed by atoms with Crippen LogP contribution in [0, 0.1) is 0 Å². The van der Waals surface area contributed by atoms with Gasteiger partial charge >= 0.3 is 5.51 Å².